The van der Waals surface area contributed by atoms with Crippen molar-refractivity contribution in [1.82, 2.24) is 0 Å². The minimum atomic E-state index is -2.54. The Balaban J connectivity index is 3.78. The Bertz CT molecular complexity index is 114. The van der Waals surface area contributed by atoms with Crippen LogP contribution in [-0.4, -0.2) is 18.7 Å². The van der Waals surface area contributed by atoms with Crippen LogP contribution in [0.2, 0.25) is 0 Å². The zero-order valence-corrected chi connectivity index (χ0v) is 6.27. The monoisotopic (exact) mass is 168 g/mol. The van der Waals surface area contributed by atoms with Gasteiger partial charge in [0.25, 0.3) is 0 Å². The summed E-state index contributed by atoms with van der Waals surface area (Å²) in [6.45, 7) is 4.33. The first-order valence-corrected chi connectivity index (χ1v) is 3.26. The van der Waals surface area contributed by atoms with Crippen molar-refractivity contribution in [3.05, 3.63) is 12.8 Å². The molecule has 0 aromatic rings. The van der Waals surface area contributed by atoms with Gasteiger partial charge in [0.15, 0.2) is 0 Å². The molecule has 0 saturated carbocycles. The van der Waals surface area contributed by atoms with Gasteiger partial charge in [0, 0.05) is 6.42 Å². The first kappa shape index (κ1) is 10.3. The predicted octanol–water partition coefficient (Wildman–Crippen LogP) is 2.53. The molecule has 0 aromatic heterocycles. The van der Waals surface area contributed by atoms with E-state index in [9.17, 15) is 13.2 Å². The average molecular weight is 168 g/mol. The summed E-state index contributed by atoms with van der Waals surface area (Å²) in [6, 6.07) is 0. The average Bonchev–Trinajstić information content (AvgIpc) is 1.86. The number of ether oxygens (including phenoxy) is 1. The smallest absolute Gasteiger partial charge is 0.242 e. The lowest BCUT2D eigenvalue weighted by Gasteiger charge is -2.16. The summed E-state index contributed by atoms with van der Waals surface area (Å²) in [4.78, 5) is 0. The van der Waals surface area contributed by atoms with Crippen molar-refractivity contribution in [1.29, 1.82) is 0 Å². The molecular weight excluding hydrogens is 157 g/mol. The summed E-state index contributed by atoms with van der Waals surface area (Å²) in [6.07, 6.45) is -4.64. The summed E-state index contributed by atoms with van der Waals surface area (Å²) < 4.78 is 40.3. The van der Waals surface area contributed by atoms with Gasteiger partial charge >= 0.3 is 0 Å². The van der Waals surface area contributed by atoms with Gasteiger partial charge in [-0.1, -0.05) is 6.58 Å². The number of hydrogen-bond acceptors (Lipinski definition) is 1. The molecule has 11 heavy (non-hydrogen) atoms. The van der Waals surface area contributed by atoms with Crippen molar-refractivity contribution in [3.63, 3.8) is 0 Å². The third-order valence-electron chi connectivity index (χ3n) is 1.19. The number of halogens is 3. The fraction of sp³-hybridized carbons (Fsp3) is 0.714. The highest BCUT2D eigenvalue weighted by molar-refractivity contribution is 4.69. The molecule has 0 aromatic carbocycles. The first-order valence-electron chi connectivity index (χ1n) is 3.26. The van der Waals surface area contributed by atoms with Gasteiger partial charge in [0.2, 0.25) is 6.43 Å². The van der Waals surface area contributed by atoms with Crippen molar-refractivity contribution in [2.75, 3.05) is 0 Å². The Kier molecular flexibility index (Phi) is 4.74. The van der Waals surface area contributed by atoms with Gasteiger partial charge in [0.05, 0.1) is 6.26 Å². The van der Waals surface area contributed by atoms with Crippen LogP contribution in [0.15, 0.2) is 12.8 Å². The molecule has 0 saturated heterocycles. The molecule has 0 heterocycles. The van der Waals surface area contributed by atoms with Crippen molar-refractivity contribution in [2.45, 2.75) is 32.0 Å². The molecule has 2 atom stereocenters. The van der Waals surface area contributed by atoms with Crippen LogP contribution in [0, 0.1) is 0 Å². The van der Waals surface area contributed by atoms with Crippen LogP contribution >= 0.6 is 0 Å². The fourth-order valence-electron chi connectivity index (χ4n) is 0.651. The second kappa shape index (κ2) is 5.04. The molecule has 0 aliphatic heterocycles. The Morgan fingerprint density at radius 1 is 1.45 bits per heavy atom. The maximum absolute atomic E-state index is 12.4. The van der Waals surface area contributed by atoms with Crippen molar-refractivity contribution in [2.24, 2.45) is 0 Å². The van der Waals surface area contributed by atoms with E-state index in [1.807, 2.05) is 0 Å². The van der Waals surface area contributed by atoms with E-state index in [2.05, 4.69) is 11.3 Å². The van der Waals surface area contributed by atoms with Gasteiger partial charge in [-0.05, 0) is 6.92 Å². The quantitative estimate of drug-likeness (QED) is 0.573. The van der Waals surface area contributed by atoms with Crippen LogP contribution in [0.1, 0.15) is 13.3 Å². The summed E-state index contributed by atoms with van der Waals surface area (Å²) in [5, 5.41) is 0. The van der Waals surface area contributed by atoms with Crippen LogP contribution in [0.25, 0.3) is 0 Å². The van der Waals surface area contributed by atoms with E-state index >= 15 is 0 Å². The molecule has 0 radical (unpaired) electrons. The Labute approximate surface area is 63.8 Å². The molecule has 0 spiro atoms. The molecule has 0 N–H and O–H groups in total. The zero-order chi connectivity index (χ0) is 8.85. The van der Waals surface area contributed by atoms with Crippen LogP contribution in [-0.2, 0) is 4.74 Å². The Hall–Kier alpha value is -0.670. The summed E-state index contributed by atoms with van der Waals surface area (Å²) in [5.74, 6) is 0. The highest BCUT2D eigenvalue weighted by atomic mass is 19.3. The van der Waals surface area contributed by atoms with Crippen LogP contribution in [0.3, 0.4) is 0 Å². The third-order valence-corrected chi connectivity index (χ3v) is 1.19. The molecule has 0 fully saturated rings. The number of rotatable bonds is 5. The fourth-order valence-corrected chi connectivity index (χ4v) is 0.651. The third kappa shape index (κ3) is 4.70. The van der Waals surface area contributed by atoms with Gasteiger partial charge in [-0.25, -0.2) is 13.2 Å². The topological polar surface area (TPSA) is 9.23 Å². The molecule has 0 bridgehead atoms. The molecule has 0 aliphatic carbocycles. The SMILES string of the molecule is C=COC(CC(F)F)C(C)F. The Morgan fingerprint density at radius 3 is 2.27 bits per heavy atom. The minimum Gasteiger partial charge on any atom is -0.495 e. The maximum Gasteiger partial charge on any atom is 0.242 e. The second-order valence-corrected chi connectivity index (χ2v) is 2.15. The van der Waals surface area contributed by atoms with Crippen molar-refractivity contribution >= 4 is 0 Å². The van der Waals surface area contributed by atoms with Gasteiger partial charge < -0.3 is 4.74 Å². The molecule has 0 aliphatic rings. The highest BCUT2D eigenvalue weighted by Crippen LogP contribution is 2.13. The molecule has 4 heteroatoms. The molecule has 66 valence electrons. The normalized spacial score (nSPS) is 16.1. The van der Waals surface area contributed by atoms with Crippen LogP contribution in [0.4, 0.5) is 13.2 Å². The lowest BCUT2D eigenvalue weighted by Crippen LogP contribution is -2.23. The molecule has 2 unspecified atom stereocenters. The maximum atomic E-state index is 12.4. The van der Waals surface area contributed by atoms with Gasteiger partial charge in [-0.15, -0.1) is 0 Å². The van der Waals surface area contributed by atoms with E-state index in [1.165, 1.54) is 6.92 Å². The van der Waals surface area contributed by atoms with Crippen LogP contribution < -0.4 is 0 Å². The van der Waals surface area contributed by atoms with Gasteiger partial charge in [-0.2, -0.15) is 0 Å². The predicted molar refractivity (Wildman–Crippen MR) is 36.3 cm³/mol. The van der Waals surface area contributed by atoms with E-state index in [0.29, 0.717) is 0 Å². The van der Waals surface area contributed by atoms with E-state index < -0.39 is 25.1 Å². The standard InChI is InChI=1S/C7H11F3O/c1-3-11-6(5(2)8)4-7(9)10/h3,5-7H,1,4H2,2H3. The highest BCUT2D eigenvalue weighted by Gasteiger charge is 2.21. The molecule has 0 amide bonds. The van der Waals surface area contributed by atoms with Gasteiger partial charge in [-0.3, -0.25) is 0 Å². The summed E-state index contributed by atoms with van der Waals surface area (Å²) in [7, 11) is 0. The largest absolute Gasteiger partial charge is 0.495 e. The summed E-state index contributed by atoms with van der Waals surface area (Å²) in [5.41, 5.74) is 0. The minimum absolute atomic E-state index is 0.594. The number of hydrogen-bond donors (Lipinski definition) is 0. The molecule has 1 nitrogen and oxygen atoms in total. The van der Waals surface area contributed by atoms with Gasteiger partial charge in [0.1, 0.15) is 12.3 Å². The zero-order valence-electron chi connectivity index (χ0n) is 6.27. The van der Waals surface area contributed by atoms with E-state index in [0.717, 1.165) is 6.26 Å². The first-order chi connectivity index (χ1) is 5.07. The lowest BCUT2D eigenvalue weighted by atomic mass is 10.2. The summed E-state index contributed by atoms with van der Waals surface area (Å²) >= 11 is 0. The molecular formula is C7H11F3O. The molecule has 0 rings (SSSR count). The van der Waals surface area contributed by atoms with Crippen LogP contribution in [0.5, 0.6) is 0 Å². The van der Waals surface area contributed by atoms with E-state index in [-0.39, 0.29) is 0 Å². The Morgan fingerprint density at radius 2 is 2.00 bits per heavy atom. The van der Waals surface area contributed by atoms with E-state index in [4.69, 9.17) is 0 Å². The lowest BCUT2D eigenvalue weighted by molar-refractivity contribution is 0.0113. The van der Waals surface area contributed by atoms with Crippen molar-refractivity contribution in [3.8, 4) is 0 Å². The number of alkyl halides is 3. The van der Waals surface area contributed by atoms with E-state index in [1.54, 1.807) is 0 Å². The van der Waals surface area contributed by atoms with Crippen molar-refractivity contribution < 1.29 is 17.9 Å². The second-order valence-electron chi connectivity index (χ2n) is 2.15.